The van der Waals surface area contributed by atoms with Gasteiger partial charge < -0.3 is 15.2 Å². The van der Waals surface area contributed by atoms with Gasteiger partial charge in [0.05, 0.1) is 13.3 Å². The Labute approximate surface area is 126 Å². The first-order chi connectivity index (χ1) is 8.93. The summed E-state index contributed by atoms with van der Waals surface area (Å²) in [6, 6.07) is 3.63. The molecule has 0 aromatic heterocycles. The van der Waals surface area contributed by atoms with E-state index >= 15 is 0 Å². The molecule has 0 bridgehead atoms. The number of phenolic OH excluding ortho intramolecular Hbond substituents is 1. The van der Waals surface area contributed by atoms with E-state index in [1.165, 1.54) is 13.3 Å². The number of nitrogens with zero attached hydrogens (tertiary/aromatic N) is 1. The molecule has 0 saturated carbocycles. The molecular formula is C12H16BrN3O2S. The molecule has 0 aliphatic heterocycles. The average molecular weight is 346 g/mol. The van der Waals surface area contributed by atoms with Crippen LogP contribution >= 0.6 is 28.1 Å². The van der Waals surface area contributed by atoms with Gasteiger partial charge in [0.1, 0.15) is 0 Å². The van der Waals surface area contributed by atoms with Crippen molar-refractivity contribution < 1.29 is 9.84 Å². The first-order valence-electron chi connectivity index (χ1n) is 5.60. The summed E-state index contributed by atoms with van der Waals surface area (Å²) in [5.74, 6) is 0.401. The Morgan fingerprint density at radius 2 is 2.21 bits per heavy atom. The van der Waals surface area contributed by atoms with Gasteiger partial charge >= 0.3 is 0 Å². The maximum Gasteiger partial charge on any atom is 0.187 e. The molecule has 0 unspecified atom stereocenters. The van der Waals surface area contributed by atoms with Crippen molar-refractivity contribution in [2.75, 3.05) is 7.11 Å². The first-order valence-corrected chi connectivity index (χ1v) is 6.80. The topological polar surface area (TPSA) is 65.9 Å². The van der Waals surface area contributed by atoms with E-state index < -0.39 is 0 Å². The zero-order chi connectivity index (χ0) is 14.4. The number of phenols is 1. The number of hydrazone groups is 1. The van der Waals surface area contributed by atoms with Crippen LogP contribution < -0.4 is 15.5 Å². The van der Waals surface area contributed by atoms with Crippen LogP contribution in [0.15, 0.2) is 21.7 Å². The second-order valence-corrected chi connectivity index (χ2v) is 5.37. The average Bonchev–Trinajstić information content (AvgIpc) is 2.32. The van der Waals surface area contributed by atoms with Crippen LogP contribution in [0.25, 0.3) is 0 Å². The predicted molar refractivity (Wildman–Crippen MR) is 84.0 cm³/mol. The number of ether oxygens (including phenoxy) is 1. The van der Waals surface area contributed by atoms with Crippen molar-refractivity contribution in [2.45, 2.75) is 19.9 Å². The molecule has 3 N–H and O–H groups in total. The summed E-state index contributed by atoms with van der Waals surface area (Å²) in [4.78, 5) is 0. The molecule has 0 aliphatic carbocycles. The Balaban J connectivity index is 2.77. The number of halogens is 1. The van der Waals surface area contributed by atoms with Crippen LogP contribution in [0.2, 0.25) is 0 Å². The SMILES string of the molecule is COc1cc(Br)cc(/C=N/NC(=S)NC(C)C)c1O. The highest BCUT2D eigenvalue weighted by molar-refractivity contribution is 9.10. The van der Waals surface area contributed by atoms with Crippen LogP contribution in [0.5, 0.6) is 11.5 Å². The molecule has 0 heterocycles. The number of hydrogen-bond donors (Lipinski definition) is 3. The van der Waals surface area contributed by atoms with Crippen LogP contribution in [-0.2, 0) is 0 Å². The van der Waals surface area contributed by atoms with E-state index in [1.54, 1.807) is 12.1 Å². The van der Waals surface area contributed by atoms with Gasteiger partial charge in [0.2, 0.25) is 0 Å². The quantitative estimate of drug-likeness (QED) is 0.444. The minimum absolute atomic E-state index is 0.0268. The Bertz CT molecular complexity index is 492. The van der Waals surface area contributed by atoms with Crippen molar-refractivity contribution in [3.63, 3.8) is 0 Å². The lowest BCUT2D eigenvalue weighted by Gasteiger charge is -2.10. The summed E-state index contributed by atoms with van der Waals surface area (Å²) < 4.78 is 5.83. The maximum absolute atomic E-state index is 9.91. The minimum Gasteiger partial charge on any atom is -0.504 e. The van der Waals surface area contributed by atoms with E-state index in [1.807, 2.05) is 13.8 Å². The number of rotatable bonds is 4. The van der Waals surface area contributed by atoms with Gasteiger partial charge in [0, 0.05) is 16.1 Å². The molecule has 1 aromatic rings. The lowest BCUT2D eigenvalue weighted by atomic mass is 10.2. The number of aromatic hydroxyl groups is 1. The number of hydrogen-bond acceptors (Lipinski definition) is 4. The second kappa shape index (κ2) is 7.30. The molecule has 0 atom stereocenters. The number of benzene rings is 1. The smallest absolute Gasteiger partial charge is 0.187 e. The normalized spacial score (nSPS) is 10.8. The third kappa shape index (κ3) is 5.04. The lowest BCUT2D eigenvalue weighted by Crippen LogP contribution is -2.36. The van der Waals surface area contributed by atoms with Crippen molar-refractivity contribution in [2.24, 2.45) is 5.10 Å². The van der Waals surface area contributed by atoms with Gasteiger partial charge in [0.15, 0.2) is 16.6 Å². The number of methoxy groups -OCH3 is 1. The van der Waals surface area contributed by atoms with Crippen molar-refractivity contribution >= 4 is 39.5 Å². The van der Waals surface area contributed by atoms with E-state index in [9.17, 15) is 5.11 Å². The van der Waals surface area contributed by atoms with E-state index in [-0.39, 0.29) is 11.8 Å². The molecule has 0 aliphatic rings. The lowest BCUT2D eigenvalue weighted by molar-refractivity contribution is 0.373. The predicted octanol–water partition coefficient (Wildman–Crippen LogP) is 2.37. The van der Waals surface area contributed by atoms with Crippen LogP contribution in [-0.4, -0.2) is 29.6 Å². The second-order valence-electron chi connectivity index (χ2n) is 4.04. The van der Waals surface area contributed by atoms with Crippen molar-refractivity contribution in [3.05, 3.63) is 22.2 Å². The van der Waals surface area contributed by atoms with E-state index in [0.29, 0.717) is 16.4 Å². The molecule has 1 aromatic carbocycles. The van der Waals surface area contributed by atoms with Gasteiger partial charge in [-0.1, -0.05) is 15.9 Å². The summed E-state index contributed by atoms with van der Waals surface area (Å²) in [6.45, 7) is 3.95. The standard InChI is InChI=1S/C12H16BrN3O2S/c1-7(2)15-12(19)16-14-6-8-4-9(13)5-10(18-3)11(8)17/h4-7,17H,1-3H3,(H2,15,16,19)/b14-6+. The monoisotopic (exact) mass is 345 g/mol. The maximum atomic E-state index is 9.91. The zero-order valence-corrected chi connectivity index (χ0v) is 13.3. The van der Waals surface area contributed by atoms with Gasteiger partial charge in [-0.2, -0.15) is 5.10 Å². The highest BCUT2D eigenvalue weighted by atomic mass is 79.9. The minimum atomic E-state index is 0.0268. The third-order valence-electron chi connectivity index (χ3n) is 2.08. The molecule has 19 heavy (non-hydrogen) atoms. The van der Waals surface area contributed by atoms with Gasteiger partial charge in [-0.15, -0.1) is 0 Å². The highest BCUT2D eigenvalue weighted by Gasteiger charge is 2.08. The molecule has 1 rings (SSSR count). The van der Waals surface area contributed by atoms with E-state index in [0.717, 1.165) is 4.47 Å². The fourth-order valence-electron chi connectivity index (χ4n) is 1.30. The first kappa shape index (κ1) is 15.7. The fourth-order valence-corrected chi connectivity index (χ4v) is 2.05. The number of nitrogens with one attached hydrogen (secondary N) is 2. The summed E-state index contributed by atoms with van der Waals surface area (Å²) >= 11 is 8.35. The molecule has 0 fully saturated rings. The molecule has 0 radical (unpaired) electrons. The van der Waals surface area contributed by atoms with Gasteiger partial charge in [0.25, 0.3) is 0 Å². The van der Waals surface area contributed by atoms with Gasteiger partial charge in [-0.3, -0.25) is 5.43 Å². The summed E-state index contributed by atoms with van der Waals surface area (Å²) in [5, 5.41) is 17.3. The Hall–Kier alpha value is -1.34. The van der Waals surface area contributed by atoms with Crippen molar-refractivity contribution in [1.29, 1.82) is 0 Å². The number of thiocarbonyl (C=S) groups is 1. The van der Waals surface area contributed by atoms with Gasteiger partial charge in [-0.25, -0.2) is 0 Å². The molecule has 104 valence electrons. The van der Waals surface area contributed by atoms with Crippen molar-refractivity contribution in [1.82, 2.24) is 10.7 Å². The van der Waals surface area contributed by atoms with Crippen LogP contribution in [0, 0.1) is 0 Å². The van der Waals surface area contributed by atoms with Crippen LogP contribution in [0.4, 0.5) is 0 Å². The zero-order valence-electron chi connectivity index (χ0n) is 10.9. The Kier molecular flexibility index (Phi) is 6.04. The molecular weight excluding hydrogens is 330 g/mol. The van der Waals surface area contributed by atoms with E-state index in [4.69, 9.17) is 17.0 Å². The highest BCUT2D eigenvalue weighted by Crippen LogP contribution is 2.32. The summed E-state index contributed by atoms with van der Waals surface area (Å²) in [5.41, 5.74) is 3.19. The summed E-state index contributed by atoms with van der Waals surface area (Å²) in [6.07, 6.45) is 1.47. The fraction of sp³-hybridized carbons (Fsp3) is 0.333. The Morgan fingerprint density at radius 3 is 2.79 bits per heavy atom. The summed E-state index contributed by atoms with van der Waals surface area (Å²) in [7, 11) is 1.49. The largest absolute Gasteiger partial charge is 0.504 e. The van der Waals surface area contributed by atoms with E-state index in [2.05, 4.69) is 31.8 Å². The molecule has 0 spiro atoms. The molecule has 7 heteroatoms. The van der Waals surface area contributed by atoms with Crippen molar-refractivity contribution in [3.8, 4) is 11.5 Å². The molecule has 0 saturated heterocycles. The third-order valence-corrected chi connectivity index (χ3v) is 2.75. The Morgan fingerprint density at radius 1 is 1.53 bits per heavy atom. The van der Waals surface area contributed by atoms with Crippen LogP contribution in [0.3, 0.4) is 0 Å². The molecule has 5 nitrogen and oxygen atoms in total. The van der Waals surface area contributed by atoms with Gasteiger partial charge in [-0.05, 0) is 38.2 Å². The molecule has 0 amide bonds. The van der Waals surface area contributed by atoms with Crippen LogP contribution in [0.1, 0.15) is 19.4 Å².